The van der Waals surface area contributed by atoms with Gasteiger partial charge in [0.2, 0.25) is 0 Å². The third kappa shape index (κ3) is 2.29. The maximum atomic E-state index is 9.29. The Morgan fingerprint density at radius 2 is 1.92 bits per heavy atom. The summed E-state index contributed by atoms with van der Waals surface area (Å²) in [7, 11) is 1.65. The summed E-state index contributed by atoms with van der Waals surface area (Å²) < 4.78 is 5.09. The minimum absolute atomic E-state index is 0.102. The van der Waals surface area contributed by atoms with Crippen LogP contribution in [0.25, 0.3) is 0 Å². The molecule has 0 spiro atoms. The predicted molar refractivity (Wildman–Crippen MR) is 52.8 cm³/mol. The number of rotatable bonds is 4. The molecule has 0 radical (unpaired) electrons. The molecule has 0 saturated heterocycles. The van der Waals surface area contributed by atoms with Gasteiger partial charge in [-0.15, -0.1) is 0 Å². The smallest absolute Gasteiger partial charge is 0.0578 e. The van der Waals surface area contributed by atoms with Crippen molar-refractivity contribution in [3.63, 3.8) is 0 Å². The predicted octanol–water partition coefficient (Wildman–Crippen LogP) is 1.58. The van der Waals surface area contributed by atoms with Crippen LogP contribution in [0.15, 0.2) is 30.3 Å². The summed E-state index contributed by atoms with van der Waals surface area (Å²) >= 11 is 0. The van der Waals surface area contributed by atoms with E-state index >= 15 is 0 Å². The standard InChI is InChI=1S/C11H16O2/c1-11(8-12,9-13-2)10-6-4-3-5-7-10/h3-7,12H,8-9H2,1-2H3. The van der Waals surface area contributed by atoms with Crippen molar-refractivity contribution in [3.8, 4) is 0 Å². The first-order valence-corrected chi connectivity index (χ1v) is 4.38. The highest BCUT2D eigenvalue weighted by molar-refractivity contribution is 5.24. The van der Waals surface area contributed by atoms with Crippen molar-refractivity contribution in [2.24, 2.45) is 0 Å². The fourth-order valence-corrected chi connectivity index (χ4v) is 1.38. The molecule has 2 nitrogen and oxygen atoms in total. The maximum absolute atomic E-state index is 9.29. The second-order valence-electron chi connectivity index (χ2n) is 3.52. The van der Waals surface area contributed by atoms with Crippen molar-refractivity contribution < 1.29 is 9.84 Å². The zero-order chi connectivity index (χ0) is 9.73. The molecule has 1 aromatic carbocycles. The van der Waals surface area contributed by atoms with E-state index in [0.29, 0.717) is 6.61 Å². The van der Waals surface area contributed by atoms with Crippen LogP contribution in [-0.2, 0) is 10.2 Å². The quantitative estimate of drug-likeness (QED) is 0.762. The van der Waals surface area contributed by atoms with E-state index < -0.39 is 0 Å². The van der Waals surface area contributed by atoms with Crippen molar-refractivity contribution in [2.45, 2.75) is 12.3 Å². The molecule has 72 valence electrons. The summed E-state index contributed by atoms with van der Waals surface area (Å²) in [4.78, 5) is 0. The molecule has 1 aromatic rings. The van der Waals surface area contributed by atoms with Crippen LogP contribution in [0.4, 0.5) is 0 Å². The first kappa shape index (κ1) is 10.2. The SMILES string of the molecule is COCC(C)(CO)c1ccccc1. The highest BCUT2D eigenvalue weighted by atomic mass is 16.5. The van der Waals surface area contributed by atoms with Crippen LogP contribution in [0.5, 0.6) is 0 Å². The van der Waals surface area contributed by atoms with Crippen LogP contribution in [0.2, 0.25) is 0 Å². The molecule has 0 fully saturated rings. The van der Waals surface area contributed by atoms with Gasteiger partial charge in [0.1, 0.15) is 0 Å². The number of benzene rings is 1. The third-order valence-electron chi connectivity index (χ3n) is 2.28. The summed E-state index contributed by atoms with van der Waals surface area (Å²) in [6, 6.07) is 9.93. The van der Waals surface area contributed by atoms with E-state index in [1.807, 2.05) is 37.3 Å². The molecule has 0 aromatic heterocycles. The molecule has 1 atom stereocenters. The number of hydrogen-bond donors (Lipinski definition) is 1. The Morgan fingerprint density at radius 3 is 2.38 bits per heavy atom. The molecule has 1 N–H and O–H groups in total. The molecule has 1 unspecified atom stereocenters. The van der Waals surface area contributed by atoms with Gasteiger partial charge in [0.15, 0.2) is 0 Å². The number of methoxy groups -OCH3 is 1. The number of aliphatic hydroxyl groups is 1. The zero-order valence-corrected chi connectivity index (χ0v) is 8.16. The van der Waals surface area contributed by atoms with E-state index in [9.17, 15) is 5.11 Å². The van der Waals surface area contributed by atoms with Crippen molar-refractivity contribution in [2.75, 3.05) is 20.3 Å². The van der Waals surface area contributed by atoms with Crippen molar-refractivity contribution in [1.29, 1.82) is 0 Å². The normalized spacial score (nSPS) is 15.3. The van der Waals surface area contributed by atoms with E-state index in [4.69, 9.17) is 4.74 Å². The van der Waals surface area contributed by atoms with Crippen LogP contribution in [0, 0.1) is 0 Å². The minimum atomic E-state index is -0.282. The fourth-order valence-electron chi connectivity index (χ4n) is 1.38. The van der Waals surface area contributed by atoms with Crippen LogP contribution in [-0.4, -0.2) is 25.4 Å². The van der Waals surface area contributed by atoms with Gasteiger partial charge in [-0.2, -0.15) is 0 Å². The largest absolute Gasteiger partial charge is 0.395 e. The first-order chi connectivity index (χ1) is 6.23. The van der Waals surface area contributed by atoms with Gasteiger partial charge in [0.25, 0.3) is 0 Å². The fraction of sp³-hybridized carbons (Fsp3) is 0.455. The Kier molecular flexibility index (Phi) is 3.46. The van der Waals surface area contributed by atoms with Crippen LogP contribution in [0.1, 0.15) is 12.5 Å². The van der Waals surface area contributed by atoms with Crippen LogP contribution >= 0.6 is 0 Å². The molecule has 0 aliphatic rings. The molecule has 0 heterocycles. The molecule has 0 amide bonds. The van der Waals surface area contributed by atoms with Gasteiger partial charge < -0.3 is 9.84 Å². The number of ether oxygens (including phenoxy) is 1. The molecule has 0 bridgehead atoms. The van der Waals surface area contributed by atoms with Gasteiger partial charge in [-0.1, -0.05) is 37.3 Å². The molecular weight excluding hydrogens is 164 g/mol. The summed E-state index contributed by atoms with van der Waals surface area (Å²) in [6.45, 7) is 2.63. The number of aliphatic hydroxyl groups excluding tert-OH is 1. The Balaban J connectivity index is 2.89. The second-order valence-corrected chi connectivity index (χ2v) is 3.52. The van der Waals surface area contributed by atoms with E-state index in [-0.39, 0.29) is 12.0 Å². The van der Waals surface area contributed by atoms with E-state index in [1.54, 1.807) is 7.11 Å². The molecule has 0 aliphatic carbocycles. The average molecular weight is 180 g/mol. The highest BCUT2D eigenvalue weighted by Crippen LogP contribution is 2.22. The van der Waals surface area contributed by atoms with Gasteiger partial charge in [0.05, 0.1) is 13.2 Å². The summed E-state index contributed by atoms with van der Waals surface area (Å²) in [5.74, 6) is 0. The van der Waals surface area contributed by atoms with Gasteiger partial charge in [-0.3, -0.25) is 0 Å². The molecule has 1 rings (SSSR count). The van der Waals surface area contributed by atoms with Crippen molar-refractivity contribution in [1.82, 2.24) is 0 Å². The maximum Gasteiger partial charge on any atom is 0.0578 e. The van der Waals surface area contributed by atoms with Crippen molar-refractivity contribution in [3.05, 3.63) is 35.9 Å². The van der Waals surface area contributed by atoms with Gasteiger partial charge >= 0.3 is 0 Å². The summed E-state index contributed by atoms with van der Waals surface area (Å²) in [6.07, 6.45) is 0. The Hall–Kier alpha value is -0.860. The number of hydrogen-bond acceptors (Lipinski definition) is 2. The van der Waals surface area contributed by atoms with Gasteiger partial charge in [-0.05, 0) is 5.56 Å². The van der Waals surface area contributed by atoms with Crippen LogP contribution < -0.4 is 0 Å². The zero-order valence-electron chi connectivity index (χ0n) is 8.16. The lowest BCUT2D eigenvalue weighted by Gasteiger charge is -2.26. The average Bonchev–Trinajstić information content (AvgIpc) is 2.19. The van der Waals surface area contributed by atoms with E-state index in [2.05, 4.69) is 0 Å². The Labute approximate surface area is 79.2 Å². The molecule has 2 heteroatoms. The lowest BCUT2D eigenvalue weighted by molar-refractivity contribution is 0.0928. The third-order valence-corrected chi connectivity index (χ3v) is 2.28. The van der Waals surface area contributed by atoms with Gasteiger partial charge in [0, 0.05) is 12.5 Å². The topological polar surface area (TPSA) is 29.5 Å². The first-order valence-electron chi connectivity index (χ1n) is 4.38. The highest BCUT2D eigenvalue weighted by Gasteiger charge is 2.25. The lowest BCUT2D eigenvalue weighted by Crippen LogP contribution is -2.31. The summed E-state index contributed by atoms with van der Waals surface area (Å²) in [5, 5.41) is 9.29. The van der Waals surface area contributed by atoms with E-state index in [1.165, 1.54) is 0 Å². The summed E-state index contributed by atoms with van der Waals surface area (Å²) in [5.41, 5.74) is 0.829. The lowest BCUT2D eigenvalue weighted by atomic mass is 9.84. The van der Waals surface area contributed by atoms with E-state index in [0.717, 1.165) is 5.56 Å². The Bertz CT molecular complexity index is 246. The molecular formula is C11H16O2. The monoisotopic (exact) mass is 180 g/mol. The molecule has 0 saturated carbocycles. The molecule has 13 heavy (non-hydrogen) atoms. The molecule has 0 aliphatic heterocycles. The van der Waals surface area contributed by atoms with Crippen LogP contribution in [0.3, 0.4) is 0 Å². The minimum Gasteiger partial charge on any atom is -0.395 e. The Morgan fingerprint density at radius 1 is 1.31 bits per heavy atom. The van der Waals surface area contributed by atoms with Crippen molar-refractivity contribution >= 4 is 0 Å². The second kappa shape index (κ2) is 4.40. The van der Waals surface area contributed by atoms with Gasteiger partial charge in [-0.25, -0.2) is 0 Å².